The number of carbonyl (C=O) groups is 1. The lowest BCUT2D eigenvalue weighted by Crippen LogP contribution is -2.24. The molecule has 0 atom stereocenters. The third kappa shape index (κ3) is 4.64. The van der Waals surface area contributed by atoms with E-state index in [0.717, 1.165) is 19.3 Å². The highest BCUT2D eigenvalue weighted by Gasteiger charge is 2.20. The molecule has 1 aliphatic rings. The van der Waals surface area contributed by atoms with Crippen LogP contribution < -0.4 is 0 Å². The Morgan fingerprint density at radius 3 is 2.50 bits per heavy atom. The van der Waals surface area contributed by atoms with E-state index in [1.165, 1.54) is 32.1 Å². The molecule has 0 bridgehead atoms. The fraction of sp³-hybridized carbons (Fsp3) is 0.917. The highest BCUT2D eigenvalue weighted by Crippen LogP contribution is 2.22. The Balaban J connectivity index is 1.87. The summed E-state index contributed by atoms with van der Waals surface area (Å²) in [5.41, 5.74) is 0. The van der Waals surface area contributed by atoms with Gasteiger partial charge in [0.15, 0.2) is 0 Å². The molecule has 0 amide bonds. The summed E-state index contributed by atoms with van der Waals surface area (Å²) in [6.45, 7) is 2.20. The lowest BCUT2D eigenvalue weighted by atomic mass is 9.96. The molecule has 0 N–H and O–H groups in total. The lowest BCUT2D eigenvalue weighted by Gasteiger charge is -2.25. The first kappa shape index (κ1) is 11.5. The van der Waals surface area contributed by atoms with Crippen LogP contribution in [0.3, 0.4) is 0 Å². The molecule has 14 heavy (non-hydrogen) atoms. The molecule has 0 spiro atoms. The zero-order valence-electron chi connectivity index (χ0n) is 9.26. The molecule has 0 heterocycles. The van der Waals surface area contributed by atoms with Gasteiger partial charge in [0.1, 0.15) is 6.10 Å². The van der Waals surface area contributed by atoms with Crippen LogP contribution in [0.25, 0.3) is 0 Å². The van der Waals surface area contributed by atoms with Gasteiger partial charge in [0.2, 0.25) is 0 Å². The molecule has 0 saturated heterocycles. The number of esters is 1. The minimum absolute atomic E-state index is 0.0196. The molecule has 2 heteroatoms. The molecule has 1 rings (SSSR count). The van der Waals surface area contributed by atoms with Crippen molar-refractivity contribution < 1.29 is 9.53 Å². The normalized spacial score (nSPS) is 16.4. The highest BCUT2D eigenvalue weighted by molar-refractivity contribution is 5.69. The van der Waals surface area contributed by atoms with Gasteiger partial charge in [-0.3, -0.25) is 4.79 Å². The minimum atomic E-state index is 0.0196. The van der Waals surface area contributed by atoms with Crippen LogP contribution in [0, 0.1) is 0 Å². The minimum Gasteiger partial charge on any atom is -0.462 e. The summed E-state index contributed by atoms with van der Waals surface area (Å²) in [5, 5.41) is 0. The van der Waals surface area contributed by atoms with Crippen LogP contribution in [0.1, 0.15) is 64.7 Å². The fourth-order valence-electron chi connectivity index (χ4n) is 1.61. The number of unbranched alkanes of at least 4 members (excludes halogenated alkanes) is 4. The van der Waals surface area contributed by atoms with Crippen molar-refractivity contribution in [2.75, 3.05) is 0 Å². The van der Waals surface area contributed by atoms with Gasteiger partial charge in [0.25, 0.3) is 0 Å². The van der Waals surface area contributed by atoms with E-state index in [0.29, 0.717) is 6.42 Å². The standard InChI is InChI=1S/C12H22O2/c1-2-3-4-5-6-10-12(13)14-11-8-7-9-11/h11H,2-10H2,1H3. The Morgan fingerprint density at radius 1 is 1.21 bits per heavy atom. The van der Waals surface area contributed by atoms with E-state index in [1.54, 1.807) is 0 Å². The van der Waals surface area contributed by atoms with E-state index in [4.69, 9.17) is 4.74 Å². The van der Waals surface area contributed by atoms with Crippen LogP contribution in [-0.2, 0) is 9.53 Å². The topological polar surface area (TPSA) is 26.3 Å². The number of carbonyl (C=O) groups excluding carboxylic acids is 1. The highest BCUT2D eigenvalue weighted by atomic mass is 16.5. The van der Waals surface area contributed by atoms with Gasteiger partial charge in [0.05, 0.1) is 0 Å². The Kier molecular flexibility index (Phi) is 5.65. The summed E-state index contributed by atoms with van der Waals surface area (Å²) in [6.07, 6.45) is 10.3. The van der Waals surface area contributed by atoms with Crippen molar-refractivity contribution in [2.24, 2.45) is 0 Å². The van der Waals surface area contributed by atoms with Crippen molar-refractivity contribution in [3.05, 3.63) is 0 Å². The molecular weight excluding hydrogens is 176 g/mol. The number of rotatable bonds is 7. The molecule has 0 aromatic heterocycles. The van der Waals surface area contributed by atoms with Gasteiger partial charge in [-0.25, -0.2) is 0 Å². The maximum atomic E-state index is 11.3. The SMILES string of the molecule is CCCCCCCC(=O)OC1CCC1. The van der Waals surface area contributed by atoms with Gasteiger partial charge in [-0.15, -0.1) is 0 Å². The summed E-state index contributed by atoms with van der Waals surface area (Å²) in [5.74, 6) is 0.0196. The Hall–Kier alpha value is -0.530. The molecule has 0 radical (unpaired) electrons. The molecule has 0 aromatic carbocycles. The van der Waals surface area contributed by atoms with Gasteiger partial charge >= 0.3 is 5.97 Å². The molecule has 2 nitrogen and oxygen atoms in total. The van der Waals surface area contributed by atoms with Crippen LogP contribution in [0.4, 0.5) is 0 Å². The van der Waals surface area contributed by atoms with Crippen LogP contribution in [-0.4, -0.2) is 12.1 Å². The first-order valence-electron chi connectivity index (χ1n) is 6.02. The first-order chi connectivity index (χ1) is 6.83. The Labute approximate surface area is 87.0 Å². The molecule has 1 saturated carbocycles. The van der Waals surface area contributed by atoms with Gasteiger partial charge < -0.3 is 4.74 Å². The average molecular weight is 198 g/mol. The third-order valence-electron chi connectivity index (χ3n) is 2.83. The maximum absolute atomic E-state index is 11.3. The lowest BCUT2D eigenvalue weighted by molar-refractivity contribution is -0.153. The van der Waals surface area contributed by atoms with E-state index in [-0.39, 0.29) is 12.1 Å². The summed E-state index contributed by atoms with van der Waals surface area (Å²) in [6, 6.07) is 0. The van der Waals surface area contributed by atoms with Crippen LogP contribution >= 0.6 is 0 Å². The largest absolute Gasteiger partial charge is 0.462 e. The van der Waals surface area contributed by atoms with Gasteiger partial charge in [-0.2, -0.15) is 0 Å². The average Bonchev–Trinajstić information content (AvgIpc) is 2.11. The molecule has 1 aliphatic carbocycles. The second kappa shape index (κ2) is 6.86. The van der Waals surface area contributed by atoms with Crippen LogP contribution in [0.2, 0.25) is 0 Å². The number of hydrogen-bond donors (Lipinski definition) is 0. The van der Waals surface area contributed by atoms with Crippen molar-refractivity contribution in [2.45, 2.75) is 70.8 Å². The van der Waals surface area contributed by atoms with Gasteiger partial charge in [-0.05, 0) is 25.7 Å². The predicted molar refractivity (Wildman–Crippen MR) is 57.1 cm³/mol. The van der Waals surface area contributed by atoms with Crippen molar-refractivity contribution >= 4 is 5.97 Å². The van der Waals surface area contributed by atoms with E-state index in [9.17, 15) is 4.79 Å². The monoisotopic (exact) mass is 198 g/mol. The van der Waals surface area contributed by atoms with Gasteiger partial charge in [0, 0.05) is 6.42 Å². The van der Waals surface area contributed by atoms with Crippen molar-refractivity contribution in [1.29, 1.82) is 0 Å². The number of ether oxygens (including phenoxy) is 1. The molecule has 0 aliphatic heterocycles. The van der Waals surface area contributed by atoms with Crippen molar-refractivity contribution in [1.82, 2.24) is 0 Å². The predicted octanol–water partition coefficient (Wildman–Crippen LogP) is 3.44. The van der Waals surface area contributed by atoms with Gasteiger partial charge in [-0.1, -0.05) is 32.6 Å². The van der Waals surface area contributed by atoms with Crippen LogP contribution in [0.15, 0.2) is 0 Å². The third-order valence-corrected chi connectivity index (χ3v) is 2.83. The van der Waals surface area contributed by atoms with E-state index >= 15 is 0 Å². The second-order valence-corrected chi connectivity index (χ2v) is 4.21. The Bertz CT molecular complexity index is 162. The summed E-state index contributed by atoms with van der Waals surface area (Å²) < 4.78 is 5.25. The zero-order valence-corrected chi connectivity index (χ0v) is 9.26. The molecule has 1 fully saturated rings. The molecular formula is C12H22O2. The van der Waals surface area contributed by atoms with E-state index in [2.05, 4.69) is 6.92 Å². The summed E-state index contributed by atoms with van der Waals surface area (Å²) in [4.78, 5) is 11.3. The van der Waals surface area contributed by atoms with Crippen molar-refractivity contribution in [3.63, 3.8) is 0 Å². The molecule has 0 aromatic rings. The first-order valence-corrected chi connectivity index (χ1v) is 6.02. The fourth-order valence-corrected chi connectivity index (χ4v) is 1.61. The van der Waals surface area contributed by atoms with E-state index < -0.39 is 0 Å². The molecule has 0 unspecified atom stereocenters. The second-order valence-electron chi connectivity index (χ2n) is 4.21. The number of hydrogen-bond acceptors (Lipinski definition) is 2. The van der Waals surface area contributed by atoms with Crippen LogP contribution in [0.5, 0.6) is 0 Å². The maximum Gasteiger partial charge on any atom is 0.306 e. The van der Waals surface area contributed by atoms with E-state index in [1.807, 2.05) is 0 Å². The van der Waals surface area contributed by atoms with Crippen molar-refractivity contribution in [3.8, 4) is 0 Å². The summed E-state index contributed by atoms with van der Waals surface area (Å²) >= 11 is 0. The Morgan fingerprint density at radius 2 is 1.93 bits per heavy atom. The zero-order chi connectivity index (χ0) is 10.2. The quantitative estimate of drug-likeness (QED) is 0.462. The molecule has 82 valence electrons. The smallest absolute Gasteiger partial charge is 0.306 e. The summed E-state index contributed by atoms with van der Waals surface area (Å²) in [7, 11) is 0.